The van der Waals surface area contributed by atoms with Crippen molar-refractivity contribution in [3.8, 4) is 11.6 Å². The van der Waals surface area contributed by atoms with Crippen molar-refractivity contribution in [3.05, 3.63) is 46.6 Å². The number of aromatic nitrogens is 2. The highest BCUT2D eigenvalue weighted by Gasteiger charge is 2.20. The number of hydrogen-bond acceptors (Lipinski definition) is 3. The van der Waals surface area contributed by atoms with Crippen molar-refractivity contribution in [3.63, 3.8) is 0 Å². The van der Waals surface area contributed by atoms with E-state index in [1.165, 1.54) is 6.07 Å². The predicted octanol–water partition coefficient (Wildman–Crippen LogP) is 4.67. The second-order valence-electron chi connectivity index (χ2n) is 5.59. The molecule has 0 saturated carbocycles. The molecule has 2 rings (SSSR count). The van der Waals surface area contributed by atoms with Gasteiger partial charge in [0.2, 0.25) is 5.88 Å². The molecule has 0 radical (unpaired) electrons. The number of rotatable bonds is 2. The first-order valence-corrected chi connectivity index (χ1v) is 6.63. The molecule has 1 aromatic carbocycles. The average Bonchev–Trinajstić information content (AvgIpc) is 2.33. The lowest BCUT2D eigenvalue weighted by Gasteiger charge is -2.17. The summed E-state index contributed by atoms with van der Waals surface area (Å²) in [6, 6.07) is 6.42. The van der Waals surface area contributed by atoms with Crippen molar-refractivity contribution < 1.29 is 9.13 Å². The van der Waals surface area contributed by atoms with Crippen molar-refractivity contribution in [2.45, 2.75) is 33.1 Å². The molecule has 5 heteroatoms. The molecule has 0 spiro atoms. The Balaban J connectivity index is 2.39. The Labute approximate surface area is 122 Å². The molecule has 0 aliphatic rings. The average molecular weight is 295 g/mol. The minimum atomic E-state index is -0.403. The van der Waals surface area contributed by atoms with Crippen LogP contribution in [-0.4, -0.2) is 9.97 Å². The van der Waals surface area contributed by atoms with Gasteiger partial charge in [0, 0.05) is 11.5 Å². The molecule has 106 valence electrons. The summed E-state index contributed by atoms with van der Waals surface area (Å²) >= 11 is 5.97. The van der Waals surface area contributed by atoms with Crippen LogP contribution in [0.3, 0.4) is 0 Å². The zero-order valence-corrected chi connectivity index (χ0v) is 12.6. The van der Waals surface area contributed by atoms with Crippen LogP contribution in [0.4, 0.5) is 4.39 Å². The van der Waals surface area contributed by atoms with E-state index in [4.69, 9.17) is 16.3 Å². The van der Waals surface area contributed by atoms with Crippen molar-refractivity contribution in [1.82, 2.24) is 9.97 Å². The molecule has 1 aromatic heterocycles. The van der Waals surface area contributed by atoms with Gasteiger partial charge in [-0.25, -0.2) is 9.37 Å². The smallest absolute Gasteiger partial charge is 0.224 e. The summed E-state index contributed by atoms with van der Waals surface area (Å²) in [4.78, 5) is 8.45. The topological polar surface area (TPSA) is 35.0 Å². The molecular weight excluding hydrogens is 279 g/mol. The minimum Gasteiger partial charge on any atom is -0.436 e. The molecule has 0 N–H and O–H groups in total. The molecule has 3 nitrogen and oxygen atoms in total. The summed E-state index contributed by atoms with van der Waals surface area (Å²) in [5, 5.41) is 0.271. The zero-order valence-electron chi connectivity index (χ0n) is 11.9. The van der Waals surface area contributed by atoms with E-state index < -0.39 is 5.82 Å². The fourth-order valence-electron chi connectivity index (χ4n) is 1.60. The van der Waals surface area contributed by atoms with Gasteiger partial charge in [-0.15, -0.1) is 0 Å². The van der Waals surface area contributed by atoms with Gasteiger partial charge < -0.3 is 4.74 Å². The van der Waals surface area contributed by atoms with Gasteiger partial charge in [-0.3, -0.25) is 0 Å². The molecule has 2 aromatic rings. The first-order chi connectivity index (χ1) is 9.27. The predicted molar refractivity (Wildman–Crippen MR) is 77.0 cm³/mol. The van der Waals surface area contributed by atoms with E-state index in [2.05, 4.69) is 9.97 Å². The van der Waals surface area contributed by atoms with E-state index >= 15 is 0 Å². The Morgan fingerprint density at radius 3 is 2.55 bits per heavy atom. The number of ether oxygens (including phenoxy) is 1. The number of benzene rings is 1. The van der Waals surface area contributed by atoms with Crippen LogP contribution in [0.15, 0.2) is 24.3 Å². The molecule has 20 heavy (non-hydrogen) atoms. The van der Waals surface area contributed by atoms with Gasteiger partial charge in [0.05, 0.1) is 0 Å². The van der Waals surface area contributed by atoms with Gasteiger partial charge in [0.1, 0.15) is 11.0 Å². The van der Waals surface area contributed by atoms with Gasteiger partial charge >= 0.3 is 0 Å². The molecule has 0 bridgehead atoms. The highest BCUT2D eigenvalue weighted by Crippen LogP contribution is 2.28. The Morgan fingerprint density at radius 2 is 1.90 bits per heavy atom. The highest BCUT2D eigenvalue weighted by molar-refractivity contribution is 6.29. The monoisotopic (exact) mass is 294 g/mol. The number of aryl methyl sites for hydroxylation is 1. The summed E-state index contributed by atoms with van der Waals surface area (Å²) in [6.45, 7) is 7.58. The Bertz CT molecular complexity index is 638. The summed E-state index contributed by atoms with van der Waals surface area (Å²) in [6.07, 6.45) is 0. The third-order valence-electron chi connectivity index (χ3n) is 2.71. The lowest BCUT2D eigenvalue weighted by Crippen LogP contribution is -2.16. The molecule has 1 heterocycles. The summed E-state index contributed by atoms with van der Waals surface area (Å²) in [5.74, 6) is 0.506. The normalized spacial score (nSPS) is 11.5. The van der Waals surface area contributed by atoms with Crippen LogP contribution in [0.1, 0.15) is 32.2 Å². The van der Waals surface area contributed by atoms with Crippen molar-refractivity contribution in [1.29, 1.82) is 0 Å². The van der Waals surface area contributed by atoms with Crippen LogP contribution < -0.4 is 4.74 Å². The van der Waals surface area contributed by atoms with Gasteiger partial charge in [-0.05, 0) is 18.6 Å². The first kappa shape index (κ1) is 14.7. The van der Waals surface area contributed by atoms with E-state index in [0.29, 0.717) is 11.4 Å². The number of nitrogens with zero attached hydrogens (tertiary/aromatic N) is 2. The van der Waals surface area contributed by atoms with E-state index in [-0.39, 0.29) is 22.2 Å². The van der Waals surface area contributed by atoms with E-state index in [9.17, 15) is 4.39 Å². The number of halogens is 2. The van der Waals surface area contributed by atoms with Crippen molar-refractivity contribution in [2.24, 2.45) is 0 Å². The molecule has 0 unspecified atom stereocenters. The third-order valence-corrected chi connectivity index (χ3v) is 2.91. The molecule has 0 fully saturated rings. The standard InChI is InChI=1S/C15H16ClFN2O/c1-9-6-5-7-10(13(9)17)20-12-8-11(16)18-14(19-12)15(2,3)4/h5-8H,1-4H3. The van der Waals surface area contributed by atoms with Gasteiger partial charge in [-0.2, -0.15) is 4.98 Å². The zero-order chi connectivity index (χ0) is 14.9. The molecule has 0 aliphatic heterocycles. The second-order valence-corrected chi connectivity index (χ2v) is 5.98. The maximum absolute atomic E-state index is 13.9. The van der Waals surface area contributed by atoms with Crippen molar-refractivity contribution in [2.75, 3.05) is 0 Å². The van der Waals surface area contributed by atoms with Crippen LogP contribution in [0.25, 0.3) is 0 Å². The van der Waals surface area contributed by atoms with Crippen LogP contribution >= 0.6 is 11.6 Å². The SMILES string of the molecule is Cc1cccc(Oc2cc(Cl)nc(C(C)(C)C)n2)c1F. The van der Waals surface area contributed by atoms with Crippen LogP contribution in [0.5, 0.6) is 11.6 Å². The Morgan fingerprint density at radius 1 is 1.20 bits per heavy atom. The van der Waals surface area contributed by atoms with E-state index in [1.54, 1.807) is 25.1 Å². The second kappa shape index (κ2) is 5.37. The van der Waals surface area contributed by atoms with E-state index in [1.807, 2.05) is 20.8 Å². The first-order valence-electron chi connectivity index (χ1n) is 6.25. The lowest BCUT2D eigenvalue weighted by molar-refractivity contribution is 0.416. The minimum absolute atomic E-state index is 0.125. The molecular formula is C15H16ClFN2O. The maximum Gasteiger partial charge on any atom is 0.224 e. The summed E-state index contributed by atoms with van der Waals surface area (Å²) in [5.41, 5.74) is 0.243. The highest BCUT2D eigenvalue weighted by atomic mass is 35.5. The molecule has 0 atom stereocenters. The van der Waals surface area contributed by atoms with E-state index in [0.717, 1.165) is 0 Å². The fourth-order valence-corrected chi connectivity index (χ4v) is 1.77. The molecule has 0 amide bonds. The van der Waals surface area contributed by atoms with Gasteiger partial charge in [-0.1, -0.05) is 44.5 Å². The maximum atomic E-state index is 13.9. The van der Waals surface area contributed by atoms with Gasteiger partial charge in [0.15, 0.2) is 11.6 Å². The third kappa shape index (κ3) is 3.25. The lowest BCUT2D eigenvalue weighted by atomic mass is 9.96. The fraction of sp³-hybridized carbons (Fsp3) is 0.333. The molecule has 0 saturated heterocycles. The Kier molecular flexibility index (Phi) is 3.95. The number of hydrogen-bond donors (Lipinski definition) is 0. The Hall–Kier alpha value is -1.68. The van der Waals surface area contributed by atoms with Gasteiger partial charge in [0.25, 0.3) is 0 Å². The summed E-state index contributed by atoms with van der Waals surface area (Å²) in [7, 11) is 0. The quantitative estimate of drug-likeness (QED) is 0.755. The van der Waals surface area contributed by atoms with Crippen LogP contribution in [0.2, 0.25) is 5.15 Å². The van der Waals surface area contributed by atoms with Crippen LogP contribution in [0, 0.1) is 12.7 Å². The largest absolute Gasteiger partial charge is 0.436 e. The van der Waals surface area contributed by atoms with Crippen molar-refractivity contribution >= 4 is 11.6 Å². The summed E-state index contributed by atoms with van der Waals surface area (Å²) < 4.78 is 19.4. The van der Waals surface area contributed by atoms with Crippen LogP contribution in [-0.2, 0) is 5.41 Å². The molecule has 0 aliphatic carbocycles.